The Morgan fingerprint density at radius 3 is 1.25 bits per heavy atom. The molecule has 0 saturated carbocycles. The molecular weight excluding hydrogens is 1730 g/mol. The van der Waals surface area contributed by atoms with Crippen molar-refractivity contribution in [3.05, 3.63) is 98.9 Å². The third-order valence-electron chi connectivity index (χ3n) is 11.6. The van der Waals surface area contributed by atoms with Crippen LogP contribution >= 0.6 is 136 Å². The second kappa shape index (κ2) is 45.1. The Labute approximate surface area is 594 Å². The lowest BCUT2D eigenvalue weighted by molar-refractivity contribution is -0.386. The predicted octanol–water partition coefficient (Wildman–Crippen LogP) is 9.00. The number of nitrogens with two attached hydrogens (primary N) is 1. The molecule has 92 heavy (non-hydrogen) atoms. The van der Waals surface area contributed by atoms with Gasteiger partial charge in [-0.05, 0) is 162 Å². The molecule has 6 aromatic rings. The van der Waals surface area contributed by atoms with E-state index < -0.39 is 30.2 Å². The van der Waals surface area contributed by atoms with Gasteiger partial charge in [0.25, 0.3) is 5.56 Å². The SMILES string of the molecule is CCNc1c(N)c(=O)n2n1CCC2.CCNc1c([N+](=O)[O-])c(=O)n2n1CCC2.CCNc1c([N+](=O)[O-])c(Br)nn1CCCO.CCNc1c([N+](=O)[O-])c(Br)nn1CCCOC.Cl.Cl.O=[N+]([O-])c1c(Br)n[nH]c1Br.O=[N+]([O-])c1c(Br)nn(CCCO)c1Br.OCCCBr. The van der Waals surface area contributed by atoms with Crippen molar-refractivity contribution in [1.82, 2.24) is 58.3 Å². The minimum atomic E-state index is -0.612. The van der Waals surface area contributed by atoms with Gasteiger partial charge in [0.05, 0.1) is 24.6 Å². The Bertz CT molecular complexity index is 3410. The quantitative estimate of drug-likeness (QED) is 0.0112. The number of ether oxygens (including phenoxy) is 1. The van der Waals surface area contributed by atoms with E-state index in [-0.39, 0.29) is 95.0 Å². The number of hydrogen-bond donors (Lipinski definition) is 9. The maximum atomic E-state index is 11.7. The first kappa shape index (κ1) is 86.6. The van der Waals surface area contributed by atoms with Crippen LogP contribution in [0, 0.1) is 50.6 Å². The van der Waals surface area contributed by atoms with Crippen LogP contribution in [0.3, 0.4) is 0 Å². The fourth-order valence-corrected chi connectivity index (χ4v) is 11.7. The van der Waals surface area contributed by atoms with Gasteiger partial charge in [-0.15, -0.1) is 24.8 Å². The van der Waals surface area contributed by atoms with Crippen molar-refractivity contribution in [1.29, 1.82) is 0 Å². The van der Waals surface area contributed by atoms with Gasteiger partial charge in [0, 0.05) is 111 Å². The number of nitrogens with one attached hydrogen (secondary N) is 5. The predicted molar refractivity (Wildman–Crippen MR) is 372 cm³/mol. The molecule has 2 aliphatic rings. The number of methoxy groups -OCH3 is 1. The number of aliphatic hydroxyl groups excluding tert-OH is 3. The molecule has 0 saturated heterocycles. The van der Waals surface area contributed by atoms with Crippen molar-refractivity contribution >= 4 is 194 Å². The number of nitrogens with zero attached hydrogens (tertiary/aromatic N) is 16. The lowest BCUT2D eigenvalue weighted by atomic mass is 10.4. The monoisotopic (exact) mass is 1800 g/mol. The number of fused-ring (bicyclic) bond motifs is 2. The van der Waals surface area contributed by atoms with Crippen LogP contribution < -0.4 is 38.1 Å². The molecule has 0 unspecified atom stereocenters. The summed E-state index contributed by atoms with van der Waals surface area (Å²) in [6, 6.07) is 0. The summed E-state index contributed by atoms with van der Waals surface area (Å²) in [5, 5.41) is 109. The maximum absolute atomic E-state index is 11.7. The van der Waals surface area contributed by atoms with Crippen LogP contribution in [0.4, 0.5) is 57.4 Å². The van der Waals surface area contributed by atoms with Gasteiger partial charge < -0.3 is 47.1 Å². The fraction of sp³-hybridized carbons (Fsp3) is 0.600. The van der Waals surface area contributed by atoms with Crippen LogP contribution in [0.1, 0.15) is 66.2 Å². The topological polar surface area (TPSA) is 496 Å². The molecule has 8 rings (SSSR count). The van der Waals surface area contributed by atoms with E-state index in [2.05, 4.69) is 158 Å². The number of hydrogen-bond acceptors (Lipinski definition) is 25. The number of anilines is 5. The summed E-state index contributed by atoms with van der Waals surface area (Å²) in [7, 11) is 1.62. The summed E-state index contributed by atoms with van der Waals surface area (Å²) in [4.78, 5) is 73.9. The summed E-state index contributed by atoms with van der Waals surface area (Å²) in [5.74, 6) is 1.92. The number of aliphatic hydroxyl groups is 3. The second-order valence-corrected chi connectivity index (χ2v) is 23.0. The molecule has 520 valence electrons. The first-order valence-corrected chi connectivity index (χ1v) is 33.0. The average Bonchev–Trinajstić information content (AvgIpc) is 1.93. The van der Waals surface area contributed by atoms with Crippen LogP contribution in [0.15, 0.2) is 37.2 Å². The Morgan fingerprint density at radius 1 is 0.522 bits per heavy atom. The molecule has 0 aromatic carbocycles. The fourth-order valence-electron chi connectivity index (χ4n) is 7.89. The van der Waals surface area contributed by atoms with Crippen molar-refractivity contribution < 1.29 is 44.7 Å². The Morgan fingerprint density at radius 2 is 0.891 bits per heavy atom. The molecule has 8 heterocycles. The lowest BCUT2D eigenvalue weighted by Crippen LogP contribution is -2.18. The molecule has 47 heteroatoms. The number of aryl methyl sites for hydroxylation is 3. The number of nitro groups is 5. The molecule has 2 aliphatic heterocycles. The largest absolute Gasteiger partial charge is 0.396 e. The zero-order chi connectivity index (χ0) is 67.9. The molecule has 0 spiro atoms. The van der Waals surface area contributed by atoms with E-state index in [1.54, 1.807) is 21.2 Å². The summed E-state index contributed by atoms with van der Waals surface area (Å²) in [6.07, 6.45) is 4.49. The number of aromatic nitrogens is 12. The first-order valence-electron chi connectivity index (χ1n) is 27.1. The highest BCUT2D eigenvalue weighted by Crippen LogP contribution is 2.35. The average molecular weight is 1810 g/mol. The van der Waals surface area contributed by atoms with Gasteiger partial charge in [-0.2, -0.15) is 20.4 Å². The molecule has 0 amide bonds. The summed E-state index contributed by atoms with van der Waals surface area (Å²) >= 11 is 21.2. The van der Waals surface area contributed by atoms with Gasteiger partial charge >= 0.3 is 34.0 Å². The molecule has 0 aliphatic carbocycles. The third-order valence-corrected chi connectivity index (χ3v) is 15.6. The van der Waals surface area contributed by atoms with Crippen molar-refractivity contribution in [2.24, 2.45) is 0 Å². The molecular formula is C45H71Br7Cl2N22O16. The van der Waals surface area contributed by atoms with Gasteiger partial charge in [-0.25, -0.2) is 18.7 Å². The van der Waals surface area contributed by atoms with Gasteiger partial charge in [-0.1, -0.05) is 15.9 Å². The standard InChI is InChI=1S/C9H15BrN4O3.C8H13BrN4O3.C8H12N4O3.C8H14N4O.C6H7Br2N3O3.C3HBr2N3O2.C3H7BrO.2ClH/c1-3-11-9-7(14(15)16)8(10)12-13(9)5-4-6-17-2;1-2-10-8-6(13(15)16)7(9)11-12(8)4-3-5-14;1-2-9-7-6(12(14)15)8(13)11-5-3-4-10(7)11;1-2-10-7-6(9)8(13)12-5-3-4-11(7)12;7-5-4(11(13)14)6(8)10(9-5)2-1-3-12;4-2-1(8(9)10)3(5)7-6-2;4-2-1-3-5;;/h11H,3-6H2,1-2H3;10,14H,2-5H2,1H3;9H,2-5H2,1H3;10H,2-5,9H2,1H3;12H,1-3H2;(H,6,7);5H,1-3H2;2*1H. The summed E-state index contributed by atoms with van der Waals surface area (Å²) < 4.78 is 17.6. The van der Waals surface area contributed by atoms with Crippen molar-refractivity contribution in [3.8, 4) is 0 Å². The van der Waals surface area contributed by atoms with E-state index >= 15 is 0 Å². The number of nitrogen functional groups attached to an aromatic ring is 1. The van der Waals surface area contributed by atoms with E-state index in [0.29, 0.717) is 106 Å². The number of alkyl halides is 1. The highest BCUT2D eigenvalue weighted by Gasteiger charge is 2.32. The van der Waals surface area contributed by atoms with Gasteiger partial charge in [-0.3, -0.25) is 79.3 Å². The number of aromatic amines is 1. The van der Waals surface area contributed by atoms with Crippen LogP contribution in [-0.2, 0) is 50.6 Å². The molecule has 38 nitrogen and oxygen atoms in total. The smallest absolute Gasteiger partial charge is 0.376 e. The number of halogens is 9. The molecule has 10 N–H and O–H groups in total. The van der Waals surface area contributed by atoms with Crippen LogP contribution in [0.2, 0.25) is 0 Å². The summed E-state index contributed by atoms with van der Waals surface area (Å²) in [6.45, 7) is 15.3. The highest BCUT2D eigenvalue weighted by atomic mass is 79.9. The van der Waals surface area contributed by atoms with Gasteiger partial charge in [0.15, 0.2) is 9.21 Å². The minimum Gasteiger partial charge on any atom is -0.396 e. The Balaban J connectivity index is 0.00000106. The van der Waals surface area contributed by atoms with Crippen LogP contribution in [-0.4, -0.2) is 163 Å². The number of H-pyrrole nitrogens is 1. The van der Waals surface area contributed by atoms with E-state index in [1.807, 2.05) is 32.4 Å². The minimum absolute atomic E-state index is 0. The van der Waals surface area contributed by atoms with Crippen molar-refractivity contribution in [3.63, 3.8) is 0 Å². The third kappa shape index (κ3) is 24.8. The Hall–Kier alpha value is -5.36. The first-order chi connectivity index (χ1) is 42.8. The molecule has 0 radical (unpaired) electrons. The van der Waals surface area contributed by atoms with Crippen molar-refractivity contribution in [2.75, 3.05) is 92.0 Å². The summed E-state index contributed by atoms with van der Waals surface area (Å²) in [5.41, 5.74) is 4.86. The molecule has 0 bridgehead atoms. The molecule has 0 atom stereocenters. The molecule has 6 aromatic heterocycles. The van der Waals surface area contributed by atoms with Gasteiger partial charge in [0.2, 0.25) is 35.9 Å². The van der Waals surface area contributed by atoms with E-state index in [9.17, 15) is 60.2 Å². The van der Waals surface area contributed by atoms with E-state index in [4.69, 9.17) is 25.8 Å². The zero-order valence-electron chi connectivity index (χ0n) is 49.9. The van der Waals surface area contributed by atoms with Crippen LogP contribution in [0.5, 0.6) is 0 Å². The van der Waals surface area contributed by atoms with E-state index in [0.717, 1.165) is 56.5 Å². The van der Waals surface area contributed by atoms with Gasteiger partial charge in [0.1, 0.15) is 11.5 Å². The second-order valence-electron chi connectivity index (χ2n) is 17.7. The van der Waals surface area contributed by atoms with Crippen molar-refractivity contribution in [2.45, 2.75) is 112 Å². The lowest BCUT2D eigenvalue weighted by Gasteiger charge is -2.06. The number of rotatable bonds is 25. The van der Waals surface area contributed by atoms with E-state index in [1.165, 1.54) is 14.0 Å². The zero-order valence-corrected chi connectivity index (χ0v) is 62.6. The maximum Gasteiger partial charge on any atom is 0.376 e. The Kier molecular flexibility index (Phi) is 42.5. The highest BCUT2D eigenvalue weighted by molar-refractivity contribution is 9.11. The van der Waals surface area contributed by atoms with Crippen LogP contribution in [0.25, 0.3) is 0 Å². The molecule has 0 fully saturated rings. The normalized spacial score (nSPS) is 11.2.